The summed E-state index contributed by atoms with van der Waals surface area (Å²) in [6, 6.07) is 10.5. The van der Waals surface area contributed by atoms with Crippen LogP contribution in [0.5, 0.6) is 11.5 Å². The van der Waals surface area contributed by atoms with E-state index in [-0.39, 0.29) is 11.7 Å². The number of aryl methyl sites for hydroxylation is 1. The monoisotopic (exact) mass is 270 g/mol. The maximum absolute atomic E-state index is 11.9. The van der Waals surface area contributed by atoms with Gasteiger partial charge in [0.1, 0.15) is 11.5 Å². The maximum Gasteiger partial charge on any atom is 0.339 e. The lowest BCUT2D eigenvalue weighted by Crippen LogP contribution is -2.01. The van der Waals surface area contributed by atoms with Crippen LogP contribution in [0.4, 0.5) is 0 Å². The van der Waals surface area contributed by atoms with Crippen LogP contribution < -0.4 is 4.74 Å². The molecule has 0 bridgehead atoms. The molecule has 0 aromatic heterocycles. The largest absolute Gasteiger partial charge is 0.507 e. The van der Waals surface area contributed by atoms with Crippen molar-refractivity contribution in [1.29, 1.82) is 0 Å². The number of ether oxygens (including phenoxy) is 2. The Kier molecular flexibility index (Phi) is 2.86. The Bertz CT molecular complexity index is 691. The lowest BCUT2D eigenvalue weighted by Gasteiger charge is -2.13. The van der Waals surface area contributed by atoms with Crippen LogP contribution in [0.25, 0.3) is 0 Å². The van der Waals surface area contributed by atoms with E-state index in [0.29, 0.717) is 16.9 Å². The summed E-state index contributed by atoms with van der Waals surface area (Å²) in [6.07, 6.45) is -0.566. The fourth-order valence-corrected chi connectivity index (χ4v) is 2.41. The smallest absolute Gasteiger partial charge is 0.339 e. The second-order valence-electron chi connectivity index (χ2n) is 4.80. The van der Waals surface area contributed by atoms with Crippen molar-refractivity contribution in [2.45, 2.75) is 13.0 Å². The molecule has 1 atom stereocenters. The predicted octanol–water partition coefficient (Wildman–Crippen LogP) is 2.97. The van der Waals surface area contributed by atoms with Gasteiger partial charge in [-0.1, -0.05) is 17.7 Å². The highest BCUT2D eigenvalue weighted by atomic mass is 16.5. The molecule has 0 aliphatic carbocycles. The van der Waals surface area contributed by atoms with Crippen LogP contribution in [-0.2, 0) is 4.74 Å². The topological polar surface area (TPSA) is 55.8 Å². The number of phenolic OH excluding ortho intramolecular Hbond substituents is 1. The molecule has 2 aromatic rings. The van der Waals surface area contributed by atoms with Crippen molar-refractivity contribution in [3.05, 3.63) is 58.7 Å². The lowest BCUT2D eigenvalue weighted by atomic mass is 9.97. The SMILES string of the molecule is COc1ccc(C2OC(=O)c3cc(C)ccc32)c(O)c1. The zero-order valence-electron chi connectivity index (χ0n) is 11.2. The van der Waals surface area contributed by atoms with E-state index in [9.17, 15) is 9.90 Å². The molecule has 0 amide bonds. The summed E-state index contributed by atoms with van der Waals surface area (Å²) in [5, 5.41) is 10.1. The third-order valence-corrected chi connectivity index (χ3v) is 3.46. The van der Waals surface area contributed by atoms with Crippen molar-refractivity contribution >= 4 is 5.97 Å². The Morgan fingerprint density at radius 3 is 2.60 bits per heavy atom. The molecule has 20 heavy (non-hydrogen) atoms. The summed E-state index contributed by atoms with van der Waals surface area (Å²) in [7, 11) is 1.53. The molecule has 1 N–H and O–H groups in total. The van der Waals surface area contributed by atoms with Crippen molar-refractivity contribution in [2.24, 2.45) is 0 Å². The van der Waals surface area contributed by atoms with Crippen LogP contribution in [0.15, 0.2) is 36.4 Å². The summed E-state index contributed by atoms with van der Waals surface area (Å²) in [4.78, 5) is 11.9. The van der Waals surface area contributed by atoms with E-state index in [0.717, 1.165) is 11.1 Å². The number of hydrogen-bond donors (Lipinski definition) is 1. The third kappa shape index (κ3) is 1.90. The zero-order chi connectivity index (χ0) is 14.3. The first kappa shape index (κ1) is 12.5. The molecule has 1 unspecified atom stereocenters. The second-order valence-corrected chi connectivity index (χ2v) is 4.80. The number of esters is 1. The Morgan fingerprint density at radius 2 is 1.90 bits per heavy atom. The van der Waals surface area contributed by atoms with E-state index in [2.05, 4.69) is 0 Å². The van der Waals surface area contributed by atoms with Gasteiger partial charge in [-0.3, -0.25) is 0 Å². The first-order valence-electron chi connectivity index (χ1n) is 6.28. The second kappa shape index (κ2) is 4.56. The summed E-state index contributed by atoms with van der Waals surface area (Å²) < 4.78 is 10.4. The average molecular weight is 270 g/mol. The molecule has 0 fully saturated rings. The molecule has 0 saturated heterocycles. The lowest BCUT2D eigenvalue weighted by molar-refractivity contribution is 0.0453. The normalized spacial score (nSPS) is 16.7. The molecule has 1 aliphatic heterocycles. The molecule has 0 saturated carbocycles. The molecule has 0 radical (unpaired) electrons. The number of rotatable bonds is 2. The molecule has 1 aliphatic rings. The molecule has 0 spiro atoms. The number of phenols is 1. The van der Waals surface area contributed by atoms with Crippen molar-refractivity contribution in [1.82, 2.24) is 0 Å². The van der Waals surface area contributed by atoms with Gasteiger partial charge in [0.25, 0.3) is 0 Å². The van der Waals surface area contributed by atoms with Gasteiger partial charge in [-0.25, -0.2) is 4.79 Å². The molecule has 4 heteroatoms. The Hall–Kier alpha value is -2.49. The predicted molar refractivity (Wildman–Crippen MR) is 73.1 cm³/mol. The molecule has 1 heterocycles. The van der Waals surface area contributed by atoms with Crippen LogP contribution in [0.1, 0.15) is 33.2 Å². The minimum Gasteiger partial charge on any atom is -0.507 e. The number of carbonyl (C=O) groups excluding carboxylic acids is 1. The number of aromatic hydroxyl groups is 1. The van der Waals surface area contributed by atoms with Gasteiger partial charge in [-0.15, -0.1) is 0 Å². The van der Waals surface area contributed by atoms with E-state index >= 15 is 0 Å². The minimum absolute atomic E-state index is 0.0515. The molecular formula is C16H14O4. The molecule has 102 valence electrons. The fourth-order valence-electron chi connectivity index (χ4n) is 2.41. The number of hydrogen-bond acceptors (Lipinski definition) is 4. The van der Waals surface area contributed by atoms with Crippen LogP contribution >= 0.6 is 0 Å². The van der Waals surface area contributed by atoms with Gasteiger partial charge in [-0.05, 0) is 25.1 Å². The Labute approximate surface area is 116 Å². The van der Waals surface area contributed by atoms with E-state index in [1.165, 1.54) is 13.2 Å². The van der Waals surface area contributed by atoms with E-state index in [1.54, 1.807) is 18.2 Å². The van der Waals surface area contributed by atoms with Crippen LogP contribution in [0.3, 0.4) is 0 Å². The van der Waals surface area contributed by atoms with Crippen LogP contribution in [0, 0.1) is 6.92 Å². The summed E-state index contributed by atoms with van der Waals surface area (Å²) in [5.74, 6) is 0.249. The molecule has 4 nitrogen and oxygen atoms in total. The summed E-state index contributed by atoms with van der Waals surface area (Å²) >= 11 is 0. The van der Waals surface area contributed by atoms with Gasteiger partial charge in [0.05, 0.1) is 12.7 Å². The highest BCUT2D eigenvalue weighted by molar-refractivity contribution is 5.94. The Morgan fingerprint density at radius 1 is 1.15 bits per heavy atom. The number of benzene rings is 2. The summed E-state index contributed by atoms with van der Waals surface area (Å²) in [5.41, 5.74) is 2.90. The third-order valence-electron chi connectivity index (χ3n) is 3.46. The van der Waals surface area contributed by atoms with Gasteiger partial charge >= 0.3 is 5.97 Å². The van der Waals surface area contributed by atoms with Crippen LogP contribution in [-0.4, -0.2) is 18.2 Å². The number of carbonyl (C=O) groups is 1. The maximum atomic E-state index is 11.9. The first-order valence-corrected chi connectivity index (χ1v) is 6.28. The van der Waals surface area contributed by atoms with Crippen molar-refractivity contribution in [2.75, 3.05) is 7.11 Å². The molecule has 3 rings (SSSR count). The van der Waals surface area contributed by atoms with Crippen molar-refractivity contribution in [3.63, 3.8) is 0 Å². The number of fused-ring (bicyclic) bond motifs is 1. The zero-order valence-corrected chi connectivity index (χ0v) is 11.2. The molecule has 2 aromatic carbocycles. The van der Waals surface area contributed by atoms with Crippen LogP contribution in [0.2, 0.25) is 0 Å². The quantitative estimate of drug-likeness (QED) is 0.852. The van der Waals surface area contributed by atoms with Gasteiger partial charge in [0.15, 0.2) is 6.10 Å². The first-order chi connectivity index (χ1) is 9.60. The average Bonchev–Trinajstić information content (AvgIpc) is 2.75. The van der Waals surface area contributed by atoms with E-state index in [4.69, 9.17) is 9.47 Å². The summed E-state index contributed by atoms with van der Waals surface area (Å²) in [6.45, 7) is 1.92. The van der Waals surface area contributed by atoms with Gasteiger partial charge in [-0.2, -0.15) is 0 Å². The highest BCUT2D eigenvalue weighted by Gasteiger charge is 2.33. The number of methoxy groups -OCH3 is 1. The van der Waals surface area contributed by atoms with E-state index in [1.807, 2.05) is 19.1 Å². The van der Waals surface area contributed by atoms with E-state index < -0.39 is 6.10 Å². The minimum atomic E-state index is -0.566. The fraction of sp³-hybridized carbons (Fsp3) is 0.188. The standard InChI is InChI=1S/C16H14O4/c1-9-3-5-11-13(7-9)16(18)20-15(11)12-6-4-10(19-2)8-14(12)17/h3-8,15,17H,1-2H3. The highest BCUT2D eigenvalue weighted by Crippen LogP contribution is 2.40. The van der Waals surface area contributed by atoms with Crippen molar-refractivity contribution < 1.29 is 19.4 Å². The van der Waals surface area contributed by atoms with Gasteiger partial charge in [0.2, 0.25) is 0 Å². The molecular weight excluding hydrogens is 256 g/mol. The van der Waals surface area contributed by atoms with Gasteiger partial charge < -0.3 is 14.6 Å². The number of cyclic esters (lactones) is 1. The van der Waals surface area contributed by atoms with Gasteiger partial charge in [0, 0.05) is 17.2 Å². The van der Waals surface area contributed by atoms with Crippen molar-refractivity contribution in [3.8, 4) is 11.5 Å². The Balaban J connectivity index is 2.08.